The fourth-order valence-electron chi connectivity index (χ4n) is 1.57. The second kappa shape index (κ2) is 6.31. The molecule has 2 aromatic rings. The first kappa shape index (κ1) is 13.5. The molecule has 0 atom stereocenters. The third kappa shape index (κ3) is 3.53. The van der Waals surface area contributed by atoms with Crippen molar-refractivity contribution in [3.8, 4) is 0 Å². The quantitative estimate of drug-likeness (QED) is 0.873. The van der Waals surface area contributed by atoms with Gasteiger partial charge in [0.05, 0.1) is 22.9 Å². The predicted octanol–water partition coefficient (Wildman–Crippen LogP) is 2.58. The molecule has 0 amide bonds. The van der Waals surface area contributed by atoms with Gasteiger partial charge in [-0.2, -0.15) is 0 Å². The number of rotatable bonds is 4. The lowest BCUT2D eigenvalue weighted by molar-refractivity contribution is 0.0468. The van der Waals surface area contributed by atoms with Crippen LogP contribution in [0.5, 0.6) is 0 Å². The molecule has 0 fully saturated rings. The summed E-state index contributed by atoms with van der Waals surface area (Å²) in [5.41, 5.74) is 1.32. The molecule has 0 aliphatic heterocycles. The fraction of sp³-hybridized carbons (Fsp3) is 0.143. The van der Waals surface area contributed by atoms with E-state index >= 15 is 0 Å². The highest BCUT2D eigenvalue weighted by molar-refractivity contribution is 6.30. The van der Waals surface area contributed by atoms with E-state index in [0.717, 1.165) is 5.56 Å². The molecule has 0 bridgehead atoms. The van der Waals surface area contributed by atoms with Crippen molar-refractivity contribution < 1.29 is 14.6 Å². The number of aliphatic hydroxyl groups excluding tert-OH is 1. The zero-order valence-corrected chi connectivity index (χ0v) is 10.8. The van der Waals surface area contributed by atoms with Gasteiger partial charge in [-0.3, -0.25) is 4.98 Å². The molecule has 98 valence electrons. The van der Waals surface area contributed by atoms with Gasteiger partial charge in [0.2, 0.25) is 0 Å². The average Bonchev–Trinajstić information content (AvgIpc) is 2.46. The summed E-state index contributed by atoms with van der Waals surface area (Å²) in [5.74, 6) is -0.553. The summed E-state index contributed by atoms with van der Waals surface area (Å²) in [4.78, 5) is 15.8. The maximum Gasteiger partial charge on any atom is 0.340 e. The second-order valence-electron chi connectivity index (χ2n) is 3.87. The van der Waals surface area contributed by atoms with Crippen molar-refractivity contribution in [1.82, 2.24) is 4.98 Å². The smallest absolute Gasteiger partial charge is 0.340 e. The Bertz CT molecular complexity index is 572. The molecule has 0 saturated heterocycles. The van der Waals surface area contributed by atoms with Crippen LogP contribution < -0.4 is 0 Å². The van der Waals surface area contributed by atoms with Crippen LogP contribution >= 0.6 is 11.6 Å². The van der Waals surface area contributed by atoms with E-state index < -0.39 is 5.97 Å². The van der Waals surface area contributed by atoms with E-state index in [1.807, 2.05) is 30.3 Å². The van der Waals surface area contributed by atoms with Gasteiger partial charge in [-0.25, -0.2) is 4.79 Å². The highest BCUT2D eigenvalue weighted by Gasteiger charge is 2.14. The Balaban J connectivity index is 2.10. The van der Waals surface area contributed by atoms with E-state index in [1.165, 1.54) is 12.3 Å². The van der Waals surface area contributed by atoms with E-state index in [2.05, 4.69) is 4.98 Å². The Labute approximate surface area is 115 Å². The van der Waals surface area contributed by atoms with Gasteiger partial charge >= 0.3 is 5.97 Å². The lowest BCUT2D eigenvalue weighted by Crippen LogP contribution is -2.10. The number of aliphatic hydroxyl groups is 1. The van der Waals surface area contributed by atoms with Crippen LogP contribution in [0.3, 0.4) is 0 Å². The molecule has 0 unspecified atom stereocenters. The van der Waals surface area contributed by atoms with Crippen LogP contribution in [0.4, 0.5) is 0 Å². The van der Waals surface area contributed by atoms with Gasteiger partial charge in [0, 0.05) is 6.20 Å². The summed E-state index contributed by atoms with van der Waals surface area (Å²) in [6, 6.07) is 10.8. The van der Waals surface area contributed by atoms with Crippen LogP contribution in [0.25, 0.3) is 0 Å². The number of carbonyl (C=O) groups excluding carboxylic acids is 1. The number of esters is 1. The Morgan fingerprint density at radius 2 is 2.05 bits per heavy atom. The highest BCUT2D eigenvalue weighted by atomic mass is 35.5. The van der Waals surface area contributed by atoms with Gasteiger partial charge in [0.25, 0.3) is 0 Å². The molecular weight excluding hydrogens is 266 g/mol. The number of hydrogen-bond acceptors (Lipinski definition) is 4. The Kier molecular flexibility index (Phi) is 4.49. The minimum Gasteiger partial charge on any atom is -0.457 e. The Hall–Kier alpha value is -1.91. The molecule has 1 N–H and O–H groups in total. The number of ether oxygens (including phenoxy) is 1. The van der Waals surface area contributed by atoms with Gasteiger partial charge < -0.3 is 9.84 Å². The molecule has 4 nitrogen and oxygen atoms in total. The largest absolute Gasteiger partial charge is 0.457 e. The van der Waals surface area contributed by atoms with Crippen LogP contribution in [-0.2, 0) is 18.0 Å². The van der Waals surface area contributed by atoms with Crippen LogP contribution in [0.15, 0.2) is 42.6 Å². The zero-order valence-electron chi connectivity index (χ0n) is 10.0. The molecule has 1 aromatic carbocycles. The van der Waals surface area contributed by atoms with Crippen molar-refractivity contribution in [1.29, 1.82) is 0 Å². The molecule has 0 aliphatic carbocycles. The third-order valence-electron chi connectivity index (χ3n) is 2.52. The first-order valence-corrected chi connectivity index (χ1v) is 6.05. The monoisotopic (exact) mass is 277 g/mol. The number of pyridine rings is 1. The predicted molar refractivity (Wildman–Crippen MR) is 70.7 cm³/mol. The molecule has 0 spiro atoms. The number of benzene rings is 1. The third-order valence-corrected chi connectivity index (χ3v) is 2.73. The molecular formula is C14H12ClNO3. The van der Waals surface area contributed by atoms with Crippen molar-refractivity contribution >= 4 is 17.6 Å². The fourth-order valence-corrected chi connectivity index (χ4v) is 1.73. The first-order valence-electron chi connectivity index (χ1n) is 5.67. The zero-order chi connectivity index (χ0) is 13.7. The van der Waals surface area contributed by atoms with Gasteiger partial charge in [0.15, 0.2) is 0 Å². The van der Waals surface area contributed by atoms with Crippen molar-refractivity contribution in [3.63, 3.8) is 0 Å². The SMILES string of the molecule is O=C(OCc1ccccc1)c1cc(Cl)cnc1CO. The molecule has 1 heterocycles. The number of aromatic nitrogens is 1. The maximum atomic E-state index is 11.9. The molecule has 1 aromatic heterocycles. The molecule has 0 aliphatic rings. The highest BCUT2D eigenvalue weighted by Crippen LogP contribution is 2.15. The summed E-state index contributed by atoms with van der Waals surface area (Å²) in [6.07, 6.45) is 1.38. The summed E-state index contributed by atoms with van der Waals surface area (Å²) in [5, 5.41) is 9.45. The molecule has 0 saturated carbocycles. The number of hydrogen-bond donors (Lipinski definition) is 1. The topological polar surface area (TPSA) is 59.4 Å². The molecule has 19 heavy (non-hydrogen) atoms. The van der Waals surface area contributed by atoms with Crippen molar-refractivity contribution in [2.24, 2.45) is 0 Å². The van der Waals surface area contributed by atoms with Gasteiger partial charge in [-0.15, -0.1) is 0 Å². The minimum absolute atomic E-state index is 0.164. The van der Waals surface area contributed by atoms with E-state index in [9.17, 15) is 4.79 Å². The second-order valence-corrected chi connectivity index (χ2v) is 4.30. The van der Waals surface area contributed by atoms with Crippen LogP contribution in [-0.4, -0.2) is 16.1 Å². The van der Waals surface area contributed by atoms with E-state index in [-0.39, 0.29) is 24.5 Å². The van der Waals surface area contributed by atoms with Crippen molar-refractivity contribution in [2.75, 3.05) is 0 Å². The standard InChI is InChI=1S/C14H12ClNO3/c15-11-6-12(13(8-17)16-7-11)14(18)19-9-10-4-2-1-3-5-10/h1-7,17H,8-9H2. The average molecular weight is 278 g/mol. The molecule has 5 heteroatoms. The summed E-state index contributed by atoms with van der Waals surface area (Å²) < 4.78 is 5.16. The Morgan fingerprint density at radius 3 is 2.74 bits per heavy atom. The lowest BCUT2D eigenvalue weighted by Gasteiger charge is -2.08. The first-order chi connectivity index (χ1) is 9.20. The van der Waals surface area contributed by atoms with Gasteiger partial charge in [0.1, 0.15) is 6.61 Å². The van der Waals surface area contributed by atoms with Gasteiger partial charge in [-0.05, 0) is 11.6 Å². The number of halogens is 1. The van der Waals surface area contributed by atoms with E-state index in [4.69, 9.17) is 21.4 Å². The van der Waals surface area contributed by atoms with Crippen LogP contribution in [0.2, 0.25) is 5.02 Å². The van der Waals surface area contributed by atoms with Crippen molar-refractivity contribution in [2.45, 2.75) is 13.2 Å². The van der Waals surface area contributed by atoms with Crippen LogP contribution in [0.1, 0.15) is 21.6 Å². The summed E-state index contributed by atoms with van der Waals surface area (Å²) >= 11 is 5.78. The van der Waals surface area contributed by atoms with Crippen molar-refractivity contribution in [3.05, 3.63) is 64.4 Å². The number of nitrogens with zero attached hydrogens (tertiary/aromatic N) is 1. The van der Waals surface area contributed by atoms with E-state index in [0.29, 0.717) is 5.02 Å². The Morgan fingerprint density at radius 1 is 1.32 bits per heavy atom. The molecule has 0 radical (unpaired) electrons. The molecule has 2 rings (SSSR count). The van der Waals surface area contributed by atoms with Crippen LogP contribution in [0, 0.1) is 0 Å². The summed E-state index contributed by atoms with van der Waals surface area (Å²) in [7, 11) is 0. The lowest BCUT2D eigenvalue weighted by atomic mass is 10.2. The van der Waals surface area contributed by atoms with E-state index in [1.54, 1.807) is 0 Å². The maximum absolute atomic E-state index is 11.9. The number of carbonyl (C=O) groups is 1. The minimum atomic E-state index is -0.553. The van der Waals surface area contributed by atoms with Gasteiger partial charge in [-0.1, -0.05) is 41.9 Å². The normalized spacial score (nSPS) is 10.2. The summed E-state index contributed by atoms with van der Waals surface area (Å²) in [6.45, 7) is -0.177.